The summed E-state index contributed by atoms with van der Waals surface area (Å²) in [5.41, 5.74) is -0.998. The van der Waals surface area contributed by atoms with E-state index < -0.39 is 23.7 Å². The topological polar surface area (TPSA) is 62.3 Å². The minimum absolute atomic E-state index is 0.0552. The van der Waals surface area contributed by atoms with Gasteiger partial charge in [-0.25, -0.2) is 4.98 Å². The lowest BCUT2D eigenvalue weighted by Crippen LogP contribution is -2.38. The molecule has 3 rings (SSSR count). The summed E-state index contributed by atoms with van der Waals surface area (Å²) in [5, 5.41) is 2.30. The van der Waals surface area contributed by atoms with Gasteiger partial charge in [-0.1, -0.05) is 12.2 Å². The molecule has 24 heavy (non-hydrogen) atoms. The van der Waals surface area contributed by atoms with Crippen molar-refractivity contribution in [1.82, 2.24) is 9.88 Å². The number of hydrogen-bond donors (Lipinski definition) is 1. The van der Waals surface area contributed by atoms with Gasteiger partial charge in [0.2, 0.25) is 0 Å². The highest BCUT2D eigenvalue weighted by Gasteiger charge is 2.37. The van der Waals surface area contributed by atoms with Crippen molar-refractivity contribution in [3.63, 3.8) is 0 Å². The lowest BCUT2D eigenvalue weighted by Gasteiger charge is -2.17. The molecule has 1 N–H and O–H groups in total. The average Bonchev–Trinajstić information content (AvgIpc) is 2.97. The van der Waals surface area contributed by atoms with E-state index in [0.29, 0.717) is 24.9 Å². The number of rotatable bonds is 1. The number of fused-ring (bicyclic) bond motifs is 1. The van der Waals surface area contributed by atoms with Gasteiger partial charge >= 0.3 is 18.0 Å². The van der Waals surface area contributed by atoms with E-state index in [-0.39, 0.29) is 5.69 Å². The first kappa shape index (κ1) is 16.5. The minimum Gasteiger partial charge on any atom is -0.334 e. The molecule has 0 aromatic carbocycles. The van der Waals surface area contributed by atoms with Crippen molar-refractivity contribution in [3.8, 4) is 0 Å². The Hall–Kier alpha value is -2.38. The minimum atomic E-state index is -4.54. The summed E-state index contributed by atoms with van der Waals surface area (Å²) in [6.45, 7) is 1.07. The fourth-order valence-electron chi connectivity index (χ4n) is 3.14. The van der Waals surface area contributed by atoms with Gasteiger partial charge < -0.3 is 10.2 Å². The zero-order valence-electron chi connectivity index (χ0n) is 12.7. The van der Waals surface area contributed by atoms with Crippen LogP contribution in [0.25, 0.3) is 0 Å². The Morgan fingerprint density at radius 1 is 1.12 bits per heavy atom. The number of aromatic nitrogens is 1. The SMILES string of the molecule is O=C(Nc1ccc(C(F)(F)F)nc1)C(=O)N1CC2CC=CCC2C1. The van der Waals surface area contributed by atoms with E-state index in [9.17, 15) is 22.8 Å². The molecule has 1 aromatic heterocycles. The fraction of sp³-hybridized carbons (Fsp3) is 0.438. The molecule has 2 unspecified atom stereocenters. The van der Waals surface area contributed by atoms with E-state index in [1.54, 1.807) is 0 Å². The predicted molar refractivity (Wildman–Crippen MR) is 79.8 cm³/mol. The van der Waals surface area contributed by atoms with Gasteiger partial charge in [0.05, 0.1) is 11.9 Å². The van der Waals surface area contributed by atoms with Crippen LogP contribution in [0.2, 0.25) is 0 Å². The van der Waals surface area contributed by atoms with Crippen LogP contribution in [0.15, 0.2) is 30.5 Å². The number of likely N-dealkylation sites (tertiary alicyclic amines) is 1. The third-order valence-corrected chi connectivity index (χ3v) is 4.41. The van der Waals surface area contributed by atoms with Gasteiger partial charge in [0.25, 0.3) is 0 Å². The Morgan fingerprint density at radius 2 is 1.75 bits per heavy atom. The van der Waals surface area contributed by atoms with E-state index in [1.807, 2.05) is 0 Å². The Morgan fingerprint density at radius 3 is 2.25 bits per heavy atom. The van der Waals surface area contributed by atoms with Crippen molar-refractivity contribution >= 4 is 17.5 Å². The largest absolute Gasteiger partial charge is 0.433 e. The number of nitrogens with one attached hydrogen (secondary N) is 1. The summed E-state index contributed by atoms with van der Waals surface area (Å²) in [6, 6.07) is 1.84. The van der Waals surface area contributed by atoms with Gasteiger partial charge in [-0.2, -0.15) is 13.2 Å². The van der Waals surface area contributed by atoms with Crippen LogP contribution >= 0.6 is 0 Å². The monoisotopic (exact) mass is 339 g/mol. The molecule has 2 heterocycles. The Kier molecular flexibility index (Phi) is 4.29. The molecule has 1 saturated heterocycles. The summed E-state index contributed by atoms with van der Waals surface area (Å²) in [7, 11) is 0. The molecule has 5 nitrogen and oxygen atoms in total. The molecule has 0 bridgehead atoms. The van der Waals surface area contributed by atoms with Gasteiger partial charge in [-0.3, -0.25) is 9.59 Å². The molecule has 2 aliphatic rings. The van der Waals surface area contributed by atoms with E-state index in [0.717, 1.165) is 31.2 Å². The van der Waals surface area contributed by atoms with E-state index >= 15 is 0 Å². The number of alkyl halides is 3. The van der Waals surface area contributed by atoms with Crippen LogP contribution in [0, 0.1) is 11.8 Å². The number of amides is 2. The molecule has 2 atom stereocenters. The van der Waals surface area contributed by atoms with Crippen LogP contribution in [-0.4, -0.2) is 34.8 Å². The Balaban J connectivity index is 1.60. The first-order valence-electron chi connectivity index (χ1n) is 7.63. The highest BCUT2D eigenvalue weighted by Crippen LogP contribution is 2.33. The molecule has 0 radical (unpaired) electrons. The second-order valence-corrected chi connectivity index (χ2v) is 6.06. The van der Waals surface area contributed by atoms with Crippen LogP contribution < -0.4 is 5.32 Å². The Labute approximate surface area is 136 Å². The van der Waals surface area contributed by atoms with E-state index in [1.165, 1.54) is 4.90 Å². The molecule has 128 valence electrons. The zero-order valence-corrected chi connectivity index (χ0v) is 12.7. The quantitative estimate of drug-likeness (QED) is 0.631. The number of halogens is 3. The lowest BCUT2D eigenvalue weighted by atomic mass is 9.86. The molecule has 0 saturated carbocycles. The van der Waals surface area contributed by atoms with E-state index in [4.69, 9.17) is 0 Å². The molecule has 2 amide bonds. The molecule has 0 spiro atoms. The number of pyridine rings is 1. The number of carbonyl (C=O) groups is 2. The summed E-state index contributed by atoms with van der Waals surface area (Å²) in [6.07, 6.45) is 2.32. The maximum Gasteiger partial charge on any atom is 0.433 e. The van der Waals surface area contributed by atoms with Crippen LogP contribution in [0.1, 0.15) is 18.5 Å². The first-order chi connectivity index (χ1) is 11.3. The number of carbonyl (C=O) groups excluding carboxylic acids is 2. The van der Waals surface area contributed by atoms with Crippen molar-refractivity contribution in [2.24, 2.45) is 11.8 Å². The van der Waals surface area contributed by atoms with E-state index in [2.05, 4.69) is 22.5 Å². The maximum atomic E-state index is 12.4. The predicted octanol–water partition coefficient (Wildman–Crippen LogP) is 2.46. The summed E-state index contributed by atoms with van der Waals surface area (Å²) in [4.78, 5) is 29.0. The average molecular weight is 339 g/mol. The van der Waals surface area contributed by atoms with Crippen molar-refractivity contribution in [2.45, 2.75) is 19.0 Å². The second kappa shape index (κ2) is 6.26. The number of hydrogen-bond acceptors (Lipinski definition) is 3. The highest BCUT2D eigenvalue weighted by molar-refractivity contribution is 6.39. The summed E-state index contributed by atoms with van der Waals surface area (Å²) < 4.78 is 37.3. The van der Waals surface area contributed by atoms with Crippen LogP contribution in [0.3, 0.4) is 0 Å². The summed E-state index contributed by atoms with van der Waals surface area (Å²) >= 11 is 0. The fourth-order valence-corrected chi connectivity index (χ4v) is 3.14. The summed E-state index contributed by atoms with van der Waals surface area (Å²) in [5.74, 6) is -0.772. The molecular formula is C16H16F3N3O2. The van der Waals surface area contributed by atoms with Gasteiger partial charge in [-0.15, -0.1) is 0 Å². The number of nitrogens with zero attached hydrogens (tertiary/aromatic N) is 2. The van der Waals surface area contributed by atoms with Crippen molar-refractivity contribution in [2.75, 3.05) is 18.4 Å². The van der Waals surface area contributed by atoms with Crippen LogP contribution in [-0.2, 0) is 15.8 Å². The Bertz CT molecular complexity index is 654. The maximum absolute atomic E-state index is 12.4. The molecule has 8 heteroatoms. The molecule has 1 aliphatic heterocycles. The lowest BCUT2D eigenvalue weighted by molar-refractivity contribution is -0.142. The first-order valence-corrected chi connectivity index (χ1v) is 7.63. The van der Waals surface area contributed by atoms with Gasteiger partial charge in [0, 0.05) is 13.1 Å². The standard InChI is InChI=1S/C16H16F3N3O2/c17-16(18,19)13-6-5-12(7-20-13)21-14(23)15(24)22-8-10-3-1-2-4-11(10)9-22/h1-2,5-7,10-11H,3-4,8-9H2,(H,21,23). The number of anilines is 1. The van der Waals surface area contributed by atoms with Gasteiger partial charge in [0.15, 0.2) is 0 Å². The van der Waals surface area contributed by atoms with Crippen LogP contribution in [0.4, 0.5) is 18.9 Å². The van der Waals surface area contributed by atoms with Crippen molar-refractivity contribution < 1.29 is 22.8 Å². The second-order valence-electron chi connectivity index (χ2n) is 6.06. The zero-order chi connectivity index (χ0) is 17.3. The van der Waals surface area contributed by atoms with Gasteiger partial charge in [-0.05, 0) is 36.8 Å². The van der Waals surface area contributed by atoms with Crippen molar-refractivity contribution in [3.05, 3.63) is 36.2 Å². The van der Waals surface area contributed by atoms with Crippen molar-refractivity contribution in [1.29, 1.82) is 0 Å². The third-order valence-electron chi connectivity index (χ3n) is 4.41. The van der Waals surface area contributed by atoms with Gasteiger partial charge in [0.1, 0.15) is 5.69 Å². The third kappa shape index (κ3) is 3.42. The molecule has 1 fully saturated rings. The number of allylic oxidation sites excluding steroid dienone is 2. The smallest absolute Gasteiger partial charge is 0.334 e. The highest BCUT2D eigenvalue weighted by atomic mass is 19.4. The molecule has 1 aliphatic carbocycles. The molecule has 1 aromatic rings. The molecular weight excluding hydrogens is 323 g/mol. The van der Waals surface area contributed by atoms with Crippen LogP contribution in [0.5, 0.6) is 0 Å². The normalized spacial score (nSPS) is 23.0.